The van der Waals surface area contributed by atoms with Gasteiger partial charge in [0, 0.05) is 26.2 Å². The first-order valence-electron chi connectivity index (χ1n) is 6.23. The van der Waals surface area contributed by atoms with Gasteiger partial charge >= 0.3 is 0 Å². The van der Waals surface area contributed by atoms with Gasteiger partial charge in [-0.2, -0.15) is 0 Å². The number of rotatable bonds is 8. The molecule has 1 fully saturated rings. The summed E-state index contributed by atoms with van der Waals surface area (Å²) in [6.45, 7) is 7.64. The Morgan fingerprint density at radius 2 is 2.06 bits per heavy atom. The summed E-state index contributed by atoms with van der Waals surface area (Å²) in [4.78, 5) is 0. The minimum absolute atomic E-state index is 0.0194. The summed E-state index contributed by atoms with van der Waals surface area (Å²) in [7, 11) is 1.75. The van der Waals surface area contributed by atoms with Gasteiger partial charge in [-0.3, -0.25) is 0 Å². The highest BCUT2D eigenvalue weighted by molar-refractivity contribution is 4.75. The summed E-state index contributed by atoms with van der Waals surface area (Å²) in [5, 5.41) is 3.50. The van der Waals surface area contributed by atoms with E-state index in [1.807, 2.05) is 0 Å². The van der Waals surface area contributed by atoms with Gasteiger partial charge in [0.25, 0.3) is 0 Å². The van der Waals surface area contributed by atoms with Gasteiger partial charge in [-0.15, -0.1) is 0 Å². The molecular formula is C12H25NO3. The van der Waals surface area contributed by atoms with Crippen LogP contribution in [0.15, 0.2) is 0 Å². The minimum Gasteiger partial charge on any atom is -0.385 e. The molecule has 2 atom stereocenters. The fourth-order valence-corrected chi connectivity index (χ4v) is 2.03. The van der Waals surface area contributed by atoms with Crippen LogP contribution in [0.5, 0.6) is 0 Å². The van der Waals surface area contributed by atoms with E-state index < -0.39 is 0 Å². The van der Waals surface area contributed by atoms with Crippen LogP contribution in [-0.4, -0.2) is 45.8 Å². The largest absolute Gasteiger partial charge is 0.385 e. The SMILES string of the molecule is CCNC(CC1OCCO1)C(C)CCOC. The summed E-state index contributed by atoms with van der Waals surface area (Å²) in [6, 6.07) is 0.447. The molecule has 1 saturated heterocycles. The van der Waals surface area contributed by atoms with Gasteiger partial charge in [-0.05, 0) is 18.9 Å². The van der Waals surface area contributed by atoms with Crippen LogP contribution in [0.1, 0.15) is 26.7 Å². The molecule has 4 nitrogen and oxygen atoms in total. The zero-order valence-electron chi connectivity index (χ0n) is 10.7. The van der Waals surface area contributed by atoms with Crippen molar-refractivity contribution in [3.8, 4) is 0 Å². The lowest BCUT2D eigenvalue weighted by atomic mass is 9.95. The van der Waals surface area contributed by atoms with Crippen molar-refractivity contribution in [2.24, 2.45) is 5.92 Å². The number of nitrogens with one attached hydrogen (secondary N) is 1. The summed E-state index contributed by atoms with van der Waals surface area (Å²) in [6.07, 6.45) is 1.98. The molecule has 2 unspecified atom stereocenters. The lowest BCUT2D eigenvalue weighted by Gasteiger charge is -2.26. The Kier molecular flexibility index (Phi) is 6.96. The van der Waals surface area contributed by atoms with Crippen molar-refractivity contribution in [1.29, 1.82) is 0 Å². The monoisotopic (exact) mass is 231 g/mol. The average Bonchev–Trinajstić information content (AvgIpc) is 2.78. The molecule has 0 saturated carbocycles. The van der Waals surface area contributed by atoms with Crippen LogP contribution in [-0.2, 0) is 14.2 Å². The summed E-state index contributed by atoms with van der Waals surface area (Å²) >= 11 is 0. The third-order valence-corrected chi connectivity index (χ3v) is 3.07. The molecule has 0 spiro atoms. The first kappa shape index (κ1) is 13.9. The highest BCUT2D eigenvalue weighted by atomic mass is 16.7. The maximum Gasteiger partial charge on any atom is 0.159 e. The van der Waals surface area contributed by atoms with Gasteiger partial charge in [0.15, 0.2) is 6.29 Å². The van der Waals surface area contributed by atoms with E-state index in [0.717, 1.165) is 39.2 Å². The van der Waals surface area contributed by atoms with Crippen molar-refractivity contribution in [2.45, 2.75) is 39.0 Å². The van der Waals surface area contributed by atoms with E-state index in [9.17, 15) is 0 Å². The molecule has 1 aliphatic heterocycles. The van der Waals surface area contributed by atoms with Crippen LogP contribution in [0.25, 0.3) is 0 Å². The quantitative estimate of drug-likeness (QED) is 0.685. The fourth-order valence-electron chi connectivity index (χ4n) is 2.03. The molecule has 96 valence electrons. The van der Waals surface area contributed by atoms with Crippen LogP contribution in [0.2, 0.25) is 0 Å². The van der Waals surface area contributed by atoms with Gasteiger partial charge in [0.05, 0.1) is 13.2 Å². The second-order valence-electron chi connectivity index (χ2n) is 4.33. The second-order valence-corrected chi connectivity index (χ2v) is 4.33. The van der Waals surface area contributed by atoms with Gasteiger partial charge in [-0.25, -0.2) is 0 Å². The Labute approximate surface area is 98.6 Å². The van der Waals surface area contributed by atoms with Gasteiger partial charge in [0.2, 0.25) is 0 Å². The van der Waals surface area contributed by atoms with Gasteiger partial charge in [-0.1, -0.05) is 13.8 Å². The molecule has 1 heterocycles. The fraction of sp³-hybridized carbons (Fsp3) is 1.00. The normalized spacial score (nSPS) is 21.2. The summed E-state index contributed by atoms with van der Waals surface area (Å²) in [5.41, 5.74) is 0. The third kappa shape index (κ3) is 4.78. The molecule has 4 heteroatoms. The third-order valence-electron chi connectivity index (χ3n) is 3.07. The first-order valence-corrected chi connectivity index (χ1v) is 6.23. The predicted octanol–water partition coefficient (Wildman–Crippen LogP) is 1.40. The molecule has 1 rings (SSSR count). The maximum absolute atomic E-state index is 5.49. The van der Waals surface area contributed by atoms with E-state index in [2.05, 4.69) is 19.2 Å². The van der Waals surface area contributed by atoms with Gasteiger partial charge in [0.1, 0.15) is 0 Å². The first-order chi connectivity index (χ1) is 7.77. The smallest absolute Gasteiger partial charge is 0.159 e. The van der Waals surface area contributed by atoms with Crippen LogP contribution < -0.4 is 5.32 Å². The standard InChI is InChI=1S/C12H25NO3/c1-4-13-11(10(2)5-6-14-3)9-12-15-7-8-16-12/h10-13H,4-9H2,1-3H3. The Hall–Kier alpha value is -0.160. The van der Waals surface area contributed by atoms with Crippen LogP contribution in [0.3, 0.4) is 0 Å². The number of methoxy groups -OCH3 is 1. The molecule has 0 aromatic rings. The molecule has 0 amide bonds. The Morgan fingerprint density at radius 1 is 1.38 bits per heavy atom. The van der Waals surface area contributed by atoms with E-state index in [4.69, 9.17) is 14.2 Å². The van der Waals surface area contributed by atoms with Crippen molar-refractivity contribution >= 4 is 0 Å². The van der Waals surface area contributed by atoms with Crippen molar-refractivity contribution in [2.75, 3.05) is 33.5 Å². The summed E-state index contributed by atoms with van der Waals surface area (Å²) in [5.74, 6) is 0.577. The van der Waals surface area contributed by atoms with E-state index in [1.54, 1.807) is 7.11 Å². The topological polar surface area (TPSA) is 39.7 Å². The van der Waals surface area contributed by atoms with E-state index in [1.165, 1.54) is 0 Å². The van der Waals surface area contributed by atoms with Crippen molar-refractivity contribution in [3.05, 3.63) is 0 Å². The molecule has 1 aliphatic rings. The van der Waals surface area contributed by atoms with Crippen LogP contribution >= 0.6 is 0 Å². The molecular weight excluding hydrogens is 206 g/mol. The zero-order valence-corrected chi connectivity index (χ0v) is 10.7. The lowest BCUT2D eigenvalue weighted by Crippen LogP contribution is -2.38. The maximum atomic E-state index is 5.49. The number of ether oxygens (including phenoxy) is 3. The number of hydrogen-bond donors (Lipinski definition) is 1. The molecule has 16 heavy (non-hydrogen) atoms. The van der Waals surface area contributed by atoms with E-state index >= 15 is 0 Å². The molecule has 0 aliphatic carbocycles. The van der Waals surface area contributed by atoms with Crippen LogP contribution in [0.4, 0.5) is 0 Å². The van der Waals surface area contributed by atoms with Gasteiger partial charge < -0.3 is 19.5 Å². The highest BCUT2D eigenvalue weighted by Crippen LogP contribution is 2.18. The predicted molar refractivity (Wildman–Crippen MR) is 63.4 cm³/mol. The Bertz CT molecular complexity index is 172. The second kappa shape index (κ2) is 8.01. The summed E-state index contributed by atoms with van der Waals surface area (Å²) < 4.78 is 16.1. The Morgan fingerprint density at radius 3 is 2.62 bits per heavy atom. The van der Waals surface area contributed by atoms with Crippen molar-refractivity contribution < 1.29 is 14.2 Å². The zero-order chi connectivity index (χ0) is 11.8. The molecule has 0 radical (unpaired) electrons. The van der Waals surface area contributed by atoms with Crippen molar-refractivity contribution in [3.63, 3.8) is 0 Å². The van der Waals surface area contributed by atoms with E-state index in [0.29, 0.717) is 12.0 Å². The average molecular weight is 231 g/mol. The van der Waals surface area contributed by atoms with E-state index in [-0.39, 0.29) is 6.29 Å². The molecule has 1 N–H and O–H groups in total. The Balaban J connectivity index is 2.32. The molecule has 0 aromatic heterocycles. The van der Waals surface area contributed by atoms with Crippen LogP contribution in [0, 0.1) is 5.92 Å². The number of hydrogen-bond acceptors (Lipinski definition) is 4. The molecule has 0 bridgehead atoms. The molecule has 0 aromatic carbocycles. The van der Waals surface area contributed by atoms with Crippen molar-refractivity contribution in [1.82, 2.24) is 5.32 Å². The lowest BCUT2D eigenvalue weighted by molar-refractivity contribution is -0.0566. The minimum atomic E-state index is -0.0194. The highest BCUT2D eigenvalue weighted by Gasteiger charge is 2.24.